The van der Waals surface area contributed by atoms with Crippen molar-refractivity contribution in [2.75, 3.05) is 0 Å². The number of halogens is 1. The number of thiophene rings is 1. The lowest BCUT2D eigenvalue weighted by Gasteiger charge is -2.20. The van der Waals surface area contributed by atoms with E-state index in [9.17, 15) is 4.79 Å². The molecule has 4 nitrogen and oxygen atoms in total. The summed E-state index contributed by atoms with van der Waals surface area (Å²) in [6, 6.07) is 5.19. The van der Waals surface area contributed by atoms with Crippen molar-refractivity contribution in [3.05, 3.63) is 27.5 Å². The highest BCUT2D eigenvalue weighted by molar-refractivity contribution is 8.02. The molecule has 116 valence electrons. The maximum atomic E-state index is 12.4. The van der Waals surface area contributed by atoms with Crippen molar-refractivity contribution < 1.29 is 4.79 Å². The molecule has 0 aromatic carbocycles. The first-order valence-corrected chi connectivity index (χ1v) is 10.0. The number of amides is 1. The summed E-state index contributed by atoms with van der Waals surface area (Å²) in [5.74, 6) is 0.0355. The quantitative estimate of drug-likeness (QED) is 0.861. The zero-order chi connectivity index (χ0) is 15.1. The van der Waals surface area contributed by atoms with Gasteiger partial charge in [0.1, 0.15) is 5.15 Å². The number of thiazole rings is 1. The molecule has 0 radical (unpaired) electrons. The first kappa shape index (κ1) is 15.0. The topological polar surface area (TPSA) is 54.0 Å². The maximum absolute atomic E-state index is 12.4. The Hall–Kier alpha value is -0.600. The lowest BCUT2D eigenvalue weighted by molar-refractivity contribution is 0.0935. The monoisotopic (exact) mass is 371 g/mol. The minimum absolute atomic E-state index is 0.0355. The van der Waals surface area contributed by atoms with Gasteiger partial charge in [0.05, 0.1) is 9.09 Å². The van der Waals surface area contributed by atoms with Crippen LogP contribution >= 0.6 is 46.0 Å². The number of carbonyl (C=O) groups is 1. The van der Waals surface area contributed by atoms with Crippen LogP contribution in [0.2, 0.25) is 5.15 Å². The van der Waals surface area contributed by atoms with Crippen LogP contribution in [0.5, 0.6) is 0 Å². The zero-order valence-corrected chi connectivity index (χ0v) is 14.7. The van der Waals surface area contributed by atoms with Crippen LogP contribution in [0, 0.1) is 0 Å². The van der Waals surface area contributed by atoms with E-state index >= 15 is 0 Å². The molecule has 2 N–H and O–H groups in total. The van der Waals surface area contributed by atoms with Gasteiger partial charge in [0.15, 0.2) is 4.34 Å². The average molecular weight is 372 g/mol. The van der Waals surface area contributed by atoms with E-state index in [0.717, 1.165) is 19.8 Å². The van der Waals surface area contributed by atoms with Gasteiger partial charge in [-0.15, -0.1) is 22.7 Å². The minimum Gasteiger partial charge on any atom is -0.347 e. The number of nitrogens with zero attached hydrogens (tertiary/aromatic N) is 1. The molecule has 3 atom stereocenters. The summed E-state index contributed by atoms with van der Waals surface area (Å²) in [6.07, 6.45) is 3.47. The predicted molar refractivity (Wildman–Crippen MR) is 91.4 cm³/mol. The van der Waals surface area contributed by atoms with Crippen LogP contribution in [-0.4, -0.2) is 29.0 Å². The third-order valence-corrected chi connectivity index (χ3v) is 7.54. The van der Waals surface area contributed by atoms with Crippen molar-refractivity contribution in [2.24, 2.45) is 0 Å². The van der Waals surface area contributed by atoms with E-state index < -0.39 is 0 Å². The third-order valence-electron chi connectivity index (χ3n) is 4.06. The first-order valence-electron chi connectivity index (χ1n) is 7.13. The number of aromatic nitrogens is 1. The molecule has 8 heteroatoms. The average Bonchev–Trinajstić information content (AvgIpc) is 3.24. The molecule has 2 aromatic rings. The van der Waals surface area contributed by atoms with E-state index in [0.29, 0.717) is 17.2 Å². The number of nitrogens with one attached hydrogen (secondary N) is 2. The zero-order valence-electron chi connectivity index (χ0n) is 11.5. The highest BCUT2D eigenvalue weighted by atomic mass is 35.5. The molecule has 2 saturated heterocycles. The van der Waals surface area contributed by atoms with E-state index in [1.807, 2.05) is 17.5 Å². The molecule has 0 spiro atoms. The Bertz CT molecular complexity index is 701. The molecule has 3 unspecified atom stereocenters. The molecule has 2 aliphatic heterocycles. The summed E-state index contributed by atoms with van der Waals surface area (Å²) in [4.78, 5) is 17.3. The first-order chi connectivity index (χ1) is 10.7. The van der Waals surface area contributed by atoms with E-state index in [2.05, 4.69) is 15.6 Å². The summed E-state index contributed by atoms with van der Waals surface area (Å²) < 4.78 is 1.96. The van der Waals surface area contributed by atoms with Gasteiger partial charge in [-0.05, 0) is 43.2 Å². The molecule has 1 amide bonds. The SMILES string of the molecule is O=C(NC1CC2CCC1N2)c1ccc(Sc2nc(Cl)cs2)s1. The van der Waals surface area contributed by atoms with Gasteiger partial charge in [-0.1, -0.05) is 11.6 Å². The van der Waals surface area contributed by atoms with E-state index in [4.69, 9.17) is 11.6 Å². The molecule has 0 saturated carbocycles. The number of fused-ring (bicyclic) bond motifs is 2. The lowest BCUT2D eigenvalue weighted by atomic mass is 9.95. The van der Waals surface area contributed by atoms with Gasteiger partial charge in [-0.2, -0.15) is 0 Å². The molecule has 22 heavy (non-hydrogen) atoms. The molecule has 2 fully saturated rings. The van der Waals surface area contributed by atoms with Crippen molar-refractivity contribution >= 4 is 51.9 Å². The minimum atomic E-state index is 0.0355. The standard InChI is InChI=1S/C14H14ClN3OS3/c15-11-6-20-14(18-11)22-12-4-3-10(21-12)13(19)17-9-5-7-1-2-8(9)16-7/h3-4,6-9,16H,1-2,5H2,(H,17,19). The molecule has 4 heterocycles. The molecule has 2 bridgehead atoms. The molecule has 0 aliphatic carbocycles. The van der Waals surface area contributed by atoms with Crippen molar-refractivity contribution in [3.8, 4) is 0 Å². The van der Waals surface area contributed by atoms with E-state index in [1.54, 1.807) is 11.8 Å². The second-order valence-electron chi connectivity index (χ2n) is 5.52. The Labute approximate surface area is 145 Å². The Morgan fingerprint density at radius 2 is 2.36 bits per heavy atom. The van der Waals surface area contributed by atoms with Gasteiger partial charge < -0.3 is 10.6 Å². The van der Waals surface area contributed by atoms with Gasteiger partial charge in [0.25, 0.3) is 5.91 Å². The van der Waals surface area contributed by atoms with Crippen LogP contribution in [0.25, 0.3) is 0 Å². The molecule has 2 aromatic heterocycles. The van der Waals surface area contributed by atoms with Gasteiger partial charge in [0.2, 0.25) is 0 Å². The number of hydrogen-bond donors (Lipinski definition) is 2. The summed E-state index contributed by atoms with van der Waals surface area (Å²) in [6.45, 7) is 0. The van der Waals surface area contributed by atoms with Crippen LogP contribution in [0.3, 0.4) is 0 Å². The Morgan fingerprint density at radius 1 is 1.45 bits per heavy atom. The number of carbonyl (C=O) groups excluding carboxylic acids is 1. The van der Waals surface area contributed by atoms with Crippen LogP contribution < -0.4 is 10.6 Å². The predicted octanol–water partition coefficient (Wildman–Crippen LogP) is 3.63. The molecular weight excluding hydrogens is 358 g/mol. The largest absolute Gasteiger partial charge is 0.347 e. The Balaban J connectivity index is 1.39. The number of hydrogen-bond acceptors (Lipinski definition) is 6. The second kappa shape index (κ2) is 6.13. The maximum Gasteiger partial charge on any atom is 0.261 e. The van der Waals surface area contributed by atoms with Crippen LogP contribution in [0.4, 0.5) is 0 Å². The second-order valence-corrected chi connectivity index (χ2v) is 9.40. The van der Waals surface area contributed by atoms with E-state index in [1.165, 1.54) is 35.5 Å². The normalized spacial score (nSPS) is 26.5. The Morgan fingerprint density at radius 3 is 3.05 bits per heavy atom. The fourth-order valence-corrected chi connectivity index (χ4v) is 6.34. The van der Waals surface area contributed by atoms with Gasteiger partial charge >= 0.3 is 0 Å². The van der Waals surface area contributed by atoms with Gasteiger partial charge in [-0.3, -0.25) is 4.79 Å². The van der Waals surface area contributed by atoms with E-state index in [-0.39, 0.29) is 11.9 Å². The van der Waals surface area contributed by atoms with Gasteiger partial charge in [-0.25, -0.2) is 4.98 Å². The van der Waals surface area contributed by atoms with Crippen molar-refractivity contribution in [2.45, 2.75) is 45.9 Å². The Kier molecular flexibility index (Phi) is 4.17. The molecule has 2 aliphatic rings. The fourth-order valence-electron chi connectivity index (χ4n) is 3.09. The van der Waals surface area contributed by atoms with Crippen molar-refractivity contribution in [1.82, 2.24) is 15.6 Å². The number of rotatable bonds is 4. The summed E-state index contributed by atoms with van der Waals surface area (Å²) in [5, 5.41) is 9.05. The fraction of sp³-hybridized carbons (Fsp3) is 0.429. The summed E-state index contributed by atoms with van der Waals surface area (Å²) in [7, 11) is 0. The van der Waals surface area contributed by atoms with Crippen molar-refractivity contribution in [1.29, 1.82) is 0 Å². The third kappa shape index (κ3) is 3.05. The van der Waals surface area contributed by atoms with Crippen LogP contribution in [0.15, 0.2) is 26.1 Å². The smallest absolute Gasteiger partial charge is 0.261 e. The van der Waals surface area contributed by atoms with Crippen LogP contribution in [-0.2, 0) is 0 Å². The highest BCUT2D eigenvalue weighted by Crippen LogP contribution is 2.36. The summed E-state index contributed by atoms with van der Waals surface area (Å²) >= 11 is 10.4. The lowest BCUT2D eigenvalue weighted by Crippen LogP contribution is -2.42. The van der Waals surface area contributed by atoms with Gasteiger partial charge in [0, 0.05) is 23.5 Å². The summed E-state index contributed by atoms with van der Waals surface area (Å²) in [5.41, 5.74) is 0. The van der Waals surface area contributed by atoms with Crippen LogP contribution in [0.1, 0.15) is 28.9 Å². The molecule has 4 rings (SSSR count). The van der Waals surface area contributed by atoms with Crippen molar-refractivity contribution in [3.63, 3.8) is 0 Å². The molecular formula is C14H14ClN3OS3. The highest BCUT2D eigenvalue weighted by Gasteiger charge is 2.39.